The Morgan fingerprint density at radius 3 is 2.50 bits per heavy atom. The van der Waals surface area contributed by atoms with Gasteiger partial charge in [-0.25, -0.2) is 26.7 Å². The van der Waals surface area contributed by atoms with Crippen molar-refractivity contribution >= 4 is 27.7 Å². The SMILES string of the molecule is C[C@@H](c1ccc(Cl)c(F)c1)N1CCC(CCCNS(C)(=O)=O)(c2ccc(F)cc2)OC1=O. The summed E-state index contributed by atoms with van der Waals surface area (Å²) < 4.78 is 58.4. The molecule has 1 fully saturated rings. The number of nitrogens with zero attached hydrogens (tertiary/aromatic N) is 1. The predicted octanol–water partition coefficient (Wildman–Crippen LogP) is 4.75. The number of hydrogen-bond acceptors (Lipinski definition) is 4. The first-order valence-electron chi connectivity index (χ1n) is 10.2. The van der Waals surface area contributed by atoms with Crippen LogP contribution in [0, 0.1) is 11.6 Å². The van der Waals surface area contributed by atoms with Crippen molar-refractivity contribution < 1.29 is 26.7 Å². The summed E-state index contributed by atoms with van der Waals surface area (Å²) in [5, 5.41) is 0.000186. The van der Waals surface area contributed by atoms with Gasteiger partial charge >= 0.3 is 6.09 Å². The zero-order valence-electron chi connectivity index (χ0n) is 17.8. The molecule has 174 valence electrons. The molecule has 2 aromatic carbocycles. The van der Waals surface area contributed by atoms with E-state index in [-0.39, 0.29) is 11.6 Å². The lowest BCUT2D eigenvalue weighted by atomic mass is 9.84. The number of carbonyl (C=O) groups excluding carboxylic acids is 1. The molecule has 1 aliphatic heterocycles. The van der Waals surface area contributed by atoms with Crippen molar-refractivity contribution in [2.75, 3.05) is 19.3 Å². The number of sulfonamides is 1. The van der Waals surface area contributed by atoms with Gasteiger partial charge in [0.05, 0.1) is 17.3 Å². The highest BCUT2D eigenvalue weighted by Gasteiger charge is 2.43. The van der Waals surface area contributed by atoms with Crippen molar-refractivity contribution in [1.29, 1.82) is 0 Å². The molecule has 6 nitrogen and oxygen atoms in total. The number of rotatable bonds is 8. The van der Waals surface area contributed by atoms with Gasteiger partial charge in [-0.15, -0.1) is 0 Å². The third-order valence-electron chi connectivity index (χ3n) is 5.66. The highest BCUT2D eigenvalue weighted by atomic mass is 35.5. The Labute approximate surface area is 191 Å². The standard InChI is InChI=1S/C22H25ClF2N2O4S/c1-15(16-4-9-19(23)20(25)14-16)27-13-11-22(31-21(27)28,10-3-12-26-32(2,29)30)17-5-7-18(24)8-6-17/h4-9,14-15,26H,3,10-13H2,1-2H3/t15-,22?/m0/s1. The quantitative estimate of drug-likeness (QED) is 0.546. The summed E-state index contributed by atoms with van der Waals surface area (Å²) in [6.07, 6.45) is 1.66. The van der Waals surface area contributed by atoms with Crippen LogP contribution < -0.4 is 4.72 Å². The minimum Gasteiger partial charge on any atom is -0.438 e. The van der Waals surface area contributed by atoms with Crippen LogP contribution in [0.15, 0.2) is 42.5 Å². The zero-order chi connectivity index (χ0) is 23.5. The van der Waals surface area contributed by atoms with E-state index in [2.05, 4.69) is 4.72 Å². The maximum atomic E-state index is 13.9. The van der Waals surface area contributed by atoms with Gasteiger partial charge in [-0.3, -0.25) is 0 Å². The van der Waals surface area contributed by atoms with E-state index in [4.69, 9.17) is 16.3 Å². The van der Waals surface area contributed by atoms with E-state index in [1.807, 2.05) is 0 Å². The highest BCUT2D eigenvalue weighted by molar-refractivity contribution is 7.88. The van der Waals surface area contributed by atoms with E-state index in [0.29, 0.717) is 36.9 Å². The lowest BCUT2D eigenvalue weighted by Gasteiger charge is -2.43. The molecule has 1 saturated heterocycles. The monoisotopic (exact) mass is 486 g/mol. The first kappa shape index (κ1) is 24.4. The molecule has 1 N–H and O–H groups in total. The van der Waals surface area contributed by atoms with E-state index >= 15 is 0 Å². The van der Waals surface area contributed by atoms with Gasteiger partial charge in [0, 0.05) is 19.5 Å². The second-order valence-electron chi connectivity index (χ2n) is 7.93. The average molecular weight is 487 g/mol. The Bertz CT molecular complexity index is 1080. The summed E-state index contributed by atoms with van der Waals surface area (Å²) >= 11 is 5.76. The van der Waals surface area contributed by atoms with Gasteiger partial charge < -0.3 is 9.64 Å². The van der Waals surface area contributed by atoms with Crippen LogP contribution in [0.25, 0.3) is 0 Å². The number of nitrogens with one attached hydrogen (secondary N) is 1. The zero-order valence-corrected chi connectivity index (χ0v) is 19.3. The molecule has 10 heteroatoms. The summed E-state index contributed by atoms with van der Waals surface area (Å²) in [4.78, 5) is 14.5. The normalized spacial score (nSPS) is 20.2. The number of cyclic esters (lactones) is 1. The summed E-state index contributed by atoms with van der Waals surface area (Å²) in [5.41, 5.74) is 0.192. The topological polar surface area (TPSA) is 75.7 Å². The van der Waals surface area contributed by atoms with Crippen LogP contribution in [0.4, 0.5) is 13.6 Å². The second kappa shape index (κ2) is 9.72. The minimum absolute atomic E-state index is 0.000186. The van der Waals surface area contributed by atoms with Gasteiger partial charge in [0.2, 0.25) is 10.0 Å². The van der Waals surface area contributed by atoms with Crippen LogP contribution in [0.1, 0.15) is 43.4 Å². The maximum Gasteiger partial charge on any atom is 0.411 e. The molecule has 1 aliphatic rings. The van der Waals surface area contributed by atoms with E-state index in [9.17, 15) is 22.0 Å². The lowest BCUT2D eigenvalue weighted by molar-refractivity contribution is -0.0662. The van der Waals surface area contributed by atoms with Crippen LogP contribution in [0.3, 0.4) is 0 Å². The molecular weight excluding hydrogens is 462 g/mol. The number of hydrogen-bond donors (Lipinski definition) is 1. The average Bonchev–Trinajstić information content (AvgIpc) is 2.73. The van der Waals surface area contributed by atoms with Crippen LogP contribution in [0.5, 0.6) is 0 Å². The summed E-state index contributed by atoms with van der Waals surface area (Å²) in [7, 11) is -3.34. The number of ether oxygens (including phenoxy) is 1. The van der Waals surface area contributed by atoms with E-state index < -0.39 is 39.4 Å². The van der Waals surface area contributed by atoms with E-state index in [0.717, 1.165) is 6.26 Å². The molecular formula is C22H25ClF2N2O4S. The third-order valence-corrected chi connectivity index (χ3v) is 6.69. The van der Waals surface area contributed by atoms with Crippen LogP contribution >= 0.6 is 11.6 Å². The van der Waals surface area contributed by atoms with E-state index in [1.165, 1.54) is 29.2 Å². The van der Waals surface area contributed by atoms with Gasteiger partial charge in [0.15, 0.2) is 0 Å². The van der Waals surface area contributed by atoms with Gasteiger partial charge in [0.1, 0.15) is 17.2 Å². The molecule has 3 rings (SSSR count). The lowest BCUT2D eigenvalue weighted by Crippen LogP contribution is -2.49. The fourth-order valence-electron chi connectivity index (χ4n) is 3.88. The fourth-order valence-corrected chi connectivity index (χ4v) is 4.51. The number of halogens is 3. The minimum atomic E-state index is -3.34. The van der Waals surface area contributed by atoms with Crippen molar-refractivity contribution in [3.05, 3.63) is 70.2 Å². The molecule has 0 saturated carbocycles. The van der Waals surface area contributed by atoms with Crippen LogP contribution in [-0.4, -0.2) is 38.8 Å². The summed E-state index contributed by atoms with van der Waals surface area (Å²) in [5.74, 6) is -0.981. The second-order valence-corrected chi connectivity index (χ2v) is 10.2. The Hall–Kier alpha value is -2.23. The first-order chi connectivity index (χ1) is 15.0. The van der Waals surface area contributed by atoms with Crippen LogP contribution in [0.2, 0.25) is 5.02 Å². The summed E-state index contributed by atoms with van der Waals surface area (Å²) in [6, 6.07) is 9.67. The largest absolute Gasteiger partial charge is 0.438 e. The number of benzene rings is 2. The molecule has 2 aromatic rings. The van der Waals surface area contributed by atoms with E-state index in [1.54, 1.807) is 25.1 Å². The Morgan fingerprint density at radius 1 is 1.22 bits per heavy atom. The Morgan fingerprint density at radius 2 is 1.91 bits per heavy atom. The fraction of sp³-hybridized carbons (Fsp3) is 0.409. The highest BCUT2D eigenvalue weighted by Crippen LogP contribution is 2.40. The Balaban J connectivity index is 1.79. The van der Waals surface area contributed by atoms with Crippen molar-refractivity contribution in [3.8, 4) is 0 Å². The smallest absolute Gasteiger partial charge is 0.411 e. The van der Waals surface area contributed by atoms with Gasteiger partial charge in [0.25, 0.3) is 0 Å². The maximum absolute atomic E-state index is 13.9. The van der Waals surface area contributed by atoms with Crippen molar-refractivity contribution in [2.24, 2.45) is 0 Å². The van der Waals surface area contributed by atoms with Gasteiger partial charge in [-0.05, 0) is 55.2 Å². The molecule has 0 aromatic heterocycles. The summed E-state index contributed by atoms with van der Waals surface area (Å²) in [6.45, 7) is 2.27. The van der Waals surface area contributed by atoms with Crippen molar-refractivity contribution in [1.82, 2.24) is 9.62 Å². The van der Waals surface area contributed by atoms with Crippen LogP contribution in [-0.2, 0) is 20.4 Å². The number of carbonyl (C=O) groups is 1. The first-order valence-corrected chi connectivity index (χ1v) is 12.4. The molecule has 1 amide bonds. The molecule has 0 radical (unpaired) electrons. The van der Waals surface area contributed by atoms with Crippen molar-refractivity contribution in [3.63, 3.8) is 0 Å². The van der Waals surface area contributed by atoms with Gasteiger partial charge in [-0.2, -0.15) is 0 Å². The molecule has 1 unspecified atom stereocenters. The number of amides is 1. The molecule has 0 spiro atoms. The third kappa shape index (κ3) is 5.76. The molecule has 2 atom stereocenters. The predicted molar refractivity (Wildman–Crippen MR) is 118 cm³/mol. The Kier molecular flexibility index (Phi) is 7.42. The molecule has 0 bridgehead atoms. The molecule has 1 heterocycles. The molecule has 32 heavy (non-hydrogen) atoms. The van der Waals surface area contributed by atoms with Gasteiger partial charge in [-0.1, -0.05) is 29.8 Å². The molecule has 0 aliphatic carbocycles. The van der Waals surface area contributed by atoms with Crippen molar-refractivity contribution in [2.45, 2.75) is 37.8 Å².